The number of aliphatic hydroxyl groups is 1. The van der Waals surface area contributed by atoms with Crippen molar-refractivity contribution in [1.29, 1.82) is 0 Å². The molecule has 0 aliphatic heterocycles. The van der Waals surface area contributed by atoms with Crippen molar-refractivity contribution in [3.8, 4) is 0 Å². The van der Waals surface area contributed by atoms with Crippen LogP contribution >= 0.6 is 0 Å². The lowest BCUT2D eigenvalue weighted by Gasteiger charge is -2.11. The number of hydrogen-bond acceptors (Lipinski definition) is 5. The topological polar surface area (TPSA) is 101 Å². The van der Waals surface area contributed by atoms with Crippen LogP contribution in [0.1, 0.15) is 6.92 Å². The highest BCUT2D eigenvalue weighted by Crippen LogP contribution is 2.19. The number of sulfone groups is 1. The van der Waals surface area contributed by atoms with E-state index in [2.05, 4.69) is 4.72 Å². The van der Waals surface area contributed by atoms with Gasteiger partial charge < -0.3 is 5.11 Å². The fraction of sp³-hybridized carbons (Fsp3) is 0.455. The lowest BCUT2D eigenvalue weighted by Crippen LogP contribution is -2.30. The van der Waals surface area contributed by atoms with Gasteiger partial charge >= 0.3 is 0 Å². The van der Waals surface area contributed by atoms with Crippen LogP contribution in [0.5, 0.6) is 0 Å². The average molecular weight is 325 g/mol. The fourth-order valence-corrected chi connectivity index (χ4v) is 3.30. The third-order valence-electron chi connectivity index (χ3n) is 2.55. The molecule has 0 aromatic heterocycles. The highest BCUT2D eigenvalue weighted by atomic mass is 32.2. The summed E-state index contributed by atoms with van der Waals surface area (Å²) >= 11 is 0. The van der Waals surface area contributed by atoms with E-state index in [9.17, 15) is 21.2 Å². The van der Waals surface area contributed by atoms with Gasteiger partial charge in [-0.25, -0.2) is 25.9 Å². The number of hydrogen-bond donors (Lipinski definition) is 2. The quantitative estimate of drug-likeness (QED) is 0.724. The zero-order valence-electron chi connectivity index (χ0n) is 11.0. The molecule has 1 atom stereocenters. The van der Waals surface area contributed by atoms with E-state index < -0.39 is 30.6 Å². The number of benzene rings is 1. The van der Waals surface area contributed by atoms with E-state index in [4.69, 9.17) is 5.11 Å². The van der Waals surface area contributed by atoms with Gasteiger partial charge in [-0.2, -0.15) is 0 Å². The number of halogens is 1. The first-order valence-electron chi connectivity index (χ1n) is 5.68. The van der Waals surface area contributed by atoms with E-state index >= 15 is 0 Å². The fourth-order valence-electron chi connectivity index (χ4n) is 1.31. The molecule has 2 N–H and O–H groups in total. The Morgan fingerprint density at radius 3 is 2.40 bits per heavy atom. The molecule has 114 valence electrons. The Labute approximate surface area is 117 Å². The van der Waals surface area contributed by atoms with E-state index in [-0.39, 0.29) is 24.0 Å². The van der Waals surface area contributed by atoms with Gasteiger partial charge in [0.1, 0.15) is 10.7 Å². The summed E-state index contributed by atoms with van der Waals surface area (Å²) in [6.07, 6.45) is 0.901. The molecule has 1 unspecified atom stereocenters. The molecular weight excluding hydrogens is 309 g/mol. The second kappa shape index (κ2) is 6.17. The van der Waals surface area contributed by atoms with Crippen molar-refractivity contribution in [1.82, 2.24) is 4.72 Å². The summed E-state index contributed by atoms with van der Waals surface area (Å²) < 4.78 is 62.3. The summed E-state index contributed by atoms with van der Waals surface area (Å²) in [6, 6.07) is 2.57. The minimum Gasteiger partial charge on any atom is -0.396 e. The van der Waals surface area contributed by atoms with Gasteiger partial charge in [0.2, 0.25) is 10.0 Å². The molecular formula is C11H16FNO5S2. The maximum absolute atomic E-state index is 13.6. The molecule has 20 heavy (non-hydrogen) atoms. The van der Waals surface area contributed by atoms with Crippen LogP contribution in [-0.4, -0.2) is 41.3 Å². The van der Waals surface area contributed by atoms with E-state index in [0.29, 0.717) is 0 Å². The smallest absolute Gasteiger partial charge is 0.243 e. The summed E-state index contributed by atoms with van der Waals surface area (Å²) in [5, 5.41) is 8.82. The second-order valence-electron chi connectivity index (χ2n) is 4.50. The van der Waals surface area contributed by atoms with Gasteiger partial charge in [-0.3, -0.25) is 0 Å². The Kier molecular flexibility index (Phi) is 5.25. The van der Waals surface area contributed by atoms with Gasteiger partial charge in [0.25, 0.3) is 0 Å². The van der Waals surface area contributed by atoms with Crippen molar-refractivity contribution in [3.63, 3.8) is 0 Å². The van der Waals surface area contributed by atoms with Crippen molar-refractivity contribution >= 4 is 19.9 Å². The number of sulfonamides is 1. The van der Waals surface area contributed by atoms with Gasteiger partial charge in [0, 0.05) is 19.4 Å². The Balaban J connectivity index is 3.18. The SMILES string of the molecule is CC(CO)CNS(=O)(=O)c1cc(S(C)(=O)=O)ccc1F. The van der Waals surface area contributed by atoms with Gasteiger partial charge in [0.15, 0.2) is 9.84 Å². The summed E-state index contributed by atoms with van der Waals surface area (Å²) in [4.78, 5) is -1.01. The van der Waals surface area contributed by atoms with Gasteiger partial charge in [-0.15, -0.1) is 0 Å². The van der Waals surface area contributed by atoms with Crippen molar-refractivity contribution in [2.24, 2.45) is 5.92 Å². The number of nitrogens with one attached hydrogen (secondary N) is 1. The summed E-state index contributed by atoms with van der Waals surface area (Å²) in [5.74, 6) is -1.38. The van der Waals surface area contributed by atoms with Gasteiger partial charge in [-0.1, -0.05) is 6.92 Å². The highest BCUT2D eigenvalue weighted by molar-refractivity contribution is 7.91. The van der Waals surface area contributed by atoms with E-state index in [1.54, 1.807) is 6.92 Å². The van der Waals surface area contributed by atoms with Crippen LogP contribution in [0.25, 0.3) is 0 Å². The van der Waals surface area contributed by atoms with Crippen molar-refractivity contribution < 1.29 is 26.3 Å². The largest absolute Gasteiger partial charge is 0.396 e. The molecule has 0 saturated heterocycles. The molecule has 0 spiro atoms. The molecule has 9 heteroatoms. The van der Waals surface area contributed by atoms with E-state index in [0.717, 1.165) is 24.5 Å². The Morgan fingerprint density at radius 1 is 1.30 bits per heavy atom. The average Bonchev–Trinajstić information content (AvgIpc) is 2.34. The summed E-state index contributed by atoms with van der Waals surface area (Å²) in [5.41, 5.74) is 0. The Bertz CT molecular complexity index is 685. The molecule has 0 saturated carbocycles. The van der Waals surface area contributed by atoms with Crippen LogP contribution < -0.4 is 4.72 Å². The first-order chi connectivity index (χ1) is 9.08. The molecule has 1 aromatic carbocycles. The van der Waals surface area contributed by atoms with Gasteiger partial charge in [0.05, 0.1) is 4.90 Å². The minimum atomic E-state index is -4.18. The number of aliphatic hydroxyl groups excluding tert-OH is 1. The van der Waals surface area contributed by atoms with Crippen molar-refractivity contribution in [2.45, 2.75) is 16.7 Å². The van der Waals surface area contributed by atoms with Crippen LogP contribution in [0.4, 0.5) is 4.39 Å². The predicted octanol–water partition coefficient (Wildman–Crippen LogP) is 0.136. The highest BCUT2D eigenvalue weighted by Gasteiger charge is 2.22. The van der Waals surface area contributed by atoms with Crippen LogP contribution in [0.3, 0.4) is 0 Å². The predicted molar refractivity (Wildman–Crippen MR) is 70.9 cm³/mol. The molecule has 0 heterocycles. The third-order valence-corrected chi connectivity index (χ3v) is 5.10. The molecule has 0 aliphatic rings. The van der Waals surface area contributed by atoms with Crippen LogP contribution in [0, 0.1) is 11.7 Å². The maximum Gasteiger partial charge on any atom is 0.243 e. The first-order valence-corrected chi connectivity index (χ1v) is 9.05. The number of rotatable bonds is 6. The molecule has 6 nitrogen and oxygen atoms in total. The van der Waals surface area contributed by atoms with Crippen LogP contribution in [-0.2, 0) is 19.9 Å². The zero-order chi connectivity index (χ0) is 15.6. The molecule has 0 fully saturated rings. The monoisotopic (exact) mass is 325 g/mol. The van der Waals surface area contributed by atoms with Crippen LogP contribution in [0.2, 0.25) is 0 Å². The lowest BCUT2D eigenvalue weighted by atomic mass is 10.2. The molecule has 0 bridgehead atoms. The molecule has 0 aliphatic carbocycles. The normalized spacial score (nSPS) is 14.2. The third kappa shape index (κ3) is 4.23. The van der Waals surface area contributed by atoms with Gasteiger partial charge in [-0.05, 0) is 24.1 Å². The molecule has 1 rings (SSSR count). The Morgan fingerprint density at radius 2 is 1.90 bits per heavy atom. The molecule has 0 radical (unpaired) electrons. The van der Waals surface area contributed by atoms with Crippen LogP contribution in [0.15, 0.2) is 28.0 Å². The standard InChI is InChI=1S/C11H16FNO5S2/c1-8(7-14)6-13-20(17,18)11-5-9(19(2,15)16)3-4-10(11)12/h3-5,8,13-14H,6-7H2,1-2H3. The molecule has 1 aromatic rings. The first kappa shape index (κ1) is 17.0. The summed E-state index contributed by atoms with van der Waals surface area (Å²) in [7, 11) is -7.82. The zero-order valence-corrected chi connectivity index (χ0v) is 12.6. The summed E-state index contributed by atoms with van der Waals surface area (Å²) in [6.45, 7) is 1.29. The maximum atomic E-state index is 13.6. The minimum absolute atomic E-state index is 0.0820. The second-order valence-corrected chi connectivity index (χ2v) is 8.26. The molecule has 0 amide bonds. The Hall–Kier alpha value is -1.03. The van der Waals surface area contributed by atoms with Crippen molar-refractivity contribution in [2.75, 3.05) is 19.4 Å². The van der Waals surface area contributed by atoms with Crippen molar-refractivity contribution in [3.05, 3.63) is 24.0 Å². The van der Waals surface area contributed by atoms with E-state index in [1.165, 1.54) is 0 Å². The lowest BCUT2D eigenvalue weighted by molar-refractivity contribution is 0.238. The van der Waals surface area contributed by atoms with E-state index in [1.807, 2.05) is 0 Å².